The van der Waals surface area contributed by atoms with Gasteiger partial charge in [-0.1, -0.05) is 29.3 Å². The van der Waals surface area contributed by atoms with Crippen molar-refractivity contribution in [3.05, 3.63) is 33.8 Å². The average Bonchev–Trinajstić information content (AvgIpc) is 2.41. The summed E-state index contributed by atoms with van der Waals surface area (Å²) >= 11 is 11.9. The minimum absolute atomic E-state index is 0.0322. The monoisotopic (exact) mass is 316 g/mol. The number of morpholine rings is 1. The van der Waals surface area contributed by atoms with Crippen LogP contribution in [0, 0.1) is 0 Å². The third-order valence-corrected chi connectivity index (χ3v) is 3.93. The van der Waals surface area contributed by atoms with Crippen molar-refractivity contribution in [3.8, 4) is 0 Å². The first kappa shape index (κ1) is 15.6. The van der Waals surface area contributed by atoms with E-state index in [1.54, 1.807) is 0 Å². The summed E-state index contributed by atoms with van der Waals surface area (Å²) in [5.41, 5.74) is 1.12. The minimum atomic E-state index is -0.0322. The second kappa shape index (κ2) is 7.27. The van der Waals surface area contributed by atoms with E-state index in [1.165, 1.54) is 6.92 Å². The predicted molar refractivity (Wildman–Crippen MR) is 80.2 cm³/mol. The van der Waals surface area contributed by atoms with Crippen molar-refractivity contribution in [1.82, 2.24) is 10.2 Å². The normalized spacial score (nSPS) is 19.9. The lowest BCUT2D eigenvalue weighted by atomic mass is 10.2. The summed E-state index contributed by atoms with van der Waals surface area (Å²) in [6.45, 7) is 5.20. The van der Waals surface area contributed by atoms with Crippen molar-refractivity contribution < 1.29 is 9.53 Å². The minimum Gasteiger partial charge on any atom is -0.374 e. The number of hydrogen-bond donors (Lipinski definition) is 1. The van der Waals surface area contributed by atoms with Gasteiger partial charge in [0.1, 0.15) is 0 Å². The maximum Gasteiger partial charge on any atom is 0.216 e. The molecule has 6 heteroatoms. The van der Waals surface area contributed by atoms with Crippen LogP contribution < -0.4 is 5.32 Å². The molecule has 0 radical (unpaired) electrons. The fourth-order valence-corrected chi connectivity index (χ4v) is 2.52. The standard InChI is InChI=1S/C14H18Cl2N2O2/c1-10(19)17-7-12-9-18(4-5-20-12)8-11-2-3-13(15)14(16)6-11/h2-3,6,12H,4-5,7-9H2,1H3,(H,17,19). The Morgan fingerprint density at radius 3 is 2.95 bits per heavy atom. The van der Waals surface area contributed by atoms with Crippen molar-refractivity contribution in [2.75, 3.05) is 26.2 Å². The van der Waals surface area contributed by atoms with Crippen LogP contribution >= 0.6 is 23.2 Å². The highest BCUT2D eigenvalue weighted by Gasteiger charge is 2.20. The zero-order valence-electron chi connectivity index (χ0n) is 11.4. The van der Waals surface area contributed by atoms with Crippen LogP contribution in [0.4, 0.5) is 0 Å². The number of halogens is 2. The summed E-state index contributed by atoms with van der Waals surface area (Å²) in [4.78, 5) is 13.2. The lowest BCUT2D eigenvalue weighted by Crippen LogP contribution is -2.46. The number of ether oxygens (including phenoxy) is 1. The van der Waals surface area contributed by atoms with Crippen molar-refractivity contribution in [2.24, 2.45) is 0 Å². The van der Waals surface area contributed by atoms with Gasteiger partial charge in [0.2, 0.25) is 5.91 Å². The predicted octanol–water partition coefficient (Wildman–Crippen LogP) is 2.33. The van der Waals surface area contributed by atoms with E-state index in [4.69, 9.17) is 27.9 Å². The Morgan fingerprint density at radius 1 is 1.45 bits per heavy atom. The molecule has 4 nitrogen and oxygen atoms in total. The third-order valence-electron chi connectivity index (χ3n) is 3.19. The van der Waals surface area contributed by atoms with Gasteiger partial charge in [-0.3, -0.25) is 9.69 Å². The van der Waals surface area contributed by atoms with E-state index in [0.717, 1.165) is 25.2 Å². The molecule has 0 saturated carbocycles. The fraction of sp³-hybridized carbons (Fsp3) is 0.500. The van der Waals surface area contributed by atoms with E-state index in [0.29, 0.717) is 23.2 Å². The molecule has 110 valence electrons. The first-order valence-corrected chi connectivity index (χ1v) is 7.32. The molecule has 1 atom stereocenters. The lowest BCUT2D eigenvalue weighted by Gasteiger charge is -2.33. The maximum atomic E-state index is 10.9. The van der Waals surface area contributed by atoms with Crippen molar-refractivity contribution in [2.45, 2.75) is 19.6 Å². The fourth-order valence-electron chi connectivity index (χ4n) is 2.20. The molecule has 1 fully saturated rings. The van der Waals surface area contributed by atoms with Crippen LogP contribution in [0.3, 0.4) is 0 Å². The van der Waals surface area contributed by atoms with Crippen LogP contribution in [-0.2, 0) is 16.1 Å². The lowest BCUT2D eigenvalue weighted by molar-refractivity contribution is -0.120. The summed E-state index contributed by atoms with van der Waals surface area (Å²) in [5.74, 6) is -0.0322. The molecule has 1 heterocycles. The number of carbonyl (C=O) groups is 1. The molecule has 1 aliphatic rings. The van der Waals surface area contributed by atoms with E-state index >= 15 is 0 Å². The molecular weight excluding hydrogens is 299 g/mol. The quantitative estimate of drug-likeness (QED) is 0.927. The van der Waals surface area contributed by atoms with Crippen molar-refractivity contribution in [3.63, 3.8) is 0 Å². The smallest absolute Gasteiger partial charge is 0.216 e. The molecule has 1 N–H and O–H groups in total. The number of nitrogens with one attached hydrogen (secondary N) is 1. The Labute approximate surface area is 129 Å². The highest BCUT2D eigenvalue weighted by atomic mass is 35.5. The van der Waals surface area contributed by atoms with Gasteiger partial charge in [0.25, 0.3) is 0 Å². The number of benzene rings is 1. The Kier molecular flexibility index (Phi) is 5.66. The number of rotatable bonds is 4. The molecular formula is C14H18Cl2N2O2. The van der Waals surface area contributed by atoms with Gasteiger partial charge in [0.05, 0.1) is 22.8 Å². The van der Waals surface area contributed by atoms with Gasteiger partial charge < -0.3 is 10.1 Å². The Hall–Kier alpha value is -0.810. The molecule has 1 aromatic rings. The van der Waals surface area contributed by atoms with Crippen LogP contribution in [-0.4, -0.2) is 43.2 Å². The van der Waals surface area contributed by atoms with Gasteiger partial charge in [0.15, 0.2) is 0 Å². The summed E-state index contributed by atoms with van der Waals surface area (Å²) < 4.78 is 5.64. The topological polar surface area (TPSA) is 41.6 Å². The molecule has 20 heavy (non-hydrogen) atoms. The molecule has 0 aliphatic carbocycles. The van der Waals surface area contributed by atoms with Gasteiger partial charge in [-0.2, -0.15) is 0 Å². The van der Waals surface area contributed by atoms with Crippen LogP contribution in [0.5, 0.6) is 0 Å². The summed E-state index contributed by atoms with van der Waals surface area (Å²) in [5, 5.41) is 3.93. The second-order valence-corrected chi connectivity index (χ2v) is 5.73. The zero-order valence-corrected chi connectivity index (χ0v) is 12.9. The van der Waals surface area contributed by atoms with E-state index in [9.17, 15) is 4.79 Å². The molecule has 1 unspecified atom stereocenters. The van der Waals surface area contributed by atoms with E-state index in [1.807, 2.05) is 18.2 Å². The molecule has 2 rings (SSSR count). The SMILES string of the molecule is CC(=O)NCC1CN(Cc2ccc(Cl)c(Cl)c2)CCO1. The molecule has 0 spiro atoms. The number of carbonyl (C=O) groups excluding carboxylic acids is 1. The highest BCUT2D eigenvalue weighted by molar-refractivity contribution is 6.42. The number of hydrogen-bond acceptors (Lipinski definition) is 3. The Bertz CT molecular complexity index is 482. The molecule has 1 saturated heterocycles. The van der Waals surface area contributed by atoms with Gasteiger partial charge in [-0.25, -0.2) is 0 Å². The molecule has 0 aromatic heterocycles. The van der Waals surface area contributed by atoms with E-state index in [-0.39, 0.29) is 12.0 Å². The Balaban J connectivity index is 1.88. The number of nitrogens with zero attached hydrogens (tertiary/aromatic N) is 1. The van der Waals surface area contributed by atoms with Crippen LogP contribution in [0.25, 0.3) is 0 Å². The summed E-state index contributed by atoms with van der Waals surface area (Å²) in [7, 11) is 0. The first-order chi connectivity index (χ1) is 9.54. The van der Waals surface area contributed by atoms with Gasteiger partial charge in [-0.15, -0.1) is 0 Å². The third kappa shape index (κ3) is 4.63. The Morgan fingerprint density at radius 2 is 2.25 bits per heavy atom. The first-order valence-electron chi connectivity index (χ1n) is 6.57. The van der Waals surface area contributed by atoms with Crippen molar-refractivity contribution in [1.29, 1.82) is 0 Å². The van der Waals surface area contributed by atoms with Gasteiger partial charge in [-0.05, 0) is 17.7 Å². The summed E-state index contributed by atoms with van der Waals surface area (Å²) in [6, 6.07) is 5.68. The second-order valence-electron chi connectivity index (χ2n) is 4.91. The average molecular weight is 317 g/mol. The number of amides is 1. The molecule has 1 amide bonds. The van der Waals surface area contributed by atoms with Crippen LogP contribution in [0.15, 0.2) is 18.2 Å². The highest BCUT2D eigenvalue weighted by Crippen LogP contribution is 2.23. The zero-order chi connectivity index (χ0) is 14.5. The van der Waals surface area contributed by atoms with Gasteiger partial charge >= 0.3 is 0 Å². The molecule has 1 aliphatic heterocycles. The van der Waals surface area contributed by atoms with Crippen molar-refractivity contribution >= 4 is 29.1 Å². The maximum absolute atomic E-state index is 10.9. The molecule has 0 bridgehead atoms. The van der Waals surface area contributed by atoms with Crippen LogP contribution in [0.1, 0.15) is 12.5 Å². The molecule has 1 aromatic carbocycles. The summed E-state index contributed by atoms with van der Waals surface area (Å²) in [6.07, 6.45) is 0.0374. The van der Waals surface area contributed by atoms with E-state index in [2.05, 4.69) is 10.2 Å². The van der Waals surface area contributed by atoms with Gasteiger partial charge in [0, 0.05) is 33.1 Å². The largest absolute Gasteiger partial charge is 0.374 e. The van der Waals surface area contributed by atoms with E-state index < -0.39 is 0 Å². The van der Waals surface area contributed by atoms with Crippen LogP contribution in [0.2, 0.25) is 10.0 Å².